The van der Waals surface area contributed by atoms with Gasteiger partial charge in [-0.25, -0.2) is 8.78 Å². The summed E-state index contributed by atoms with van der Waals surface area (Å²) in [6.07, 6.45) is 2.89. The van der Waals surface area contributed by atoms with E-state index in [4.69, 9.17) is 5.73 Å². The molecule has 2 N–H and O–H groups in total. The molecule has 0 heterocycles. The third-order valence-electron chi connectivity index (χ3n) is 3.20. The highest BCUT2D eigenvalue weighted by atomic mass is 19.1. The monoisotopic (exact) mass is 197 g/mol. The smallest absolute Gasteiger partial charge is 0.129 e. The number of hydrogen-bond donors (Lipinski definition) is 1. The fraction of sp³-hybridized carbons (Fsp3) is 0.455. The first-order valence-corrected chi connectivity index (χ1v) is 4.83. The van der Waals surface area contributed by atoms with Crippen LogP contribution in [0.3, 0.4) is 0 Å². The number of hydrogen-bond acceptors (Lipinski definition) is 1. The highest BCUT2D eigenvalue weighted by molar-refractivity contribution is 5.30. The average molecular weight is 197 g/mol. The van der Waals surface area contributed by atoms with Crippen LogP contribution in [0.4, 0.5) is 8.78 Å². The average Bonchev–Trinajstić information content (AvgIpc) is 2.07. The van der Waals surface area contributed by atoms with E-state index in [1.54, 1.807) is 0 Å². The quantitative estimate of drug-likeness (QED) is 0.773. The zero-order valence-electron chi connectivity index (χ0n) is 7.89. The number of rotatable bonds is 2. The van der Waals surface area contributed by atoms with Crippen LogP contribution in [0.5, 0.6) is 0 Å². The van der Waals surface area contributed by atoms with Gasteiger partial charge in [-0.1, -0.05) is 12.5 Å². The maximum Gasteiger partial charge on any atom is 0.129 e. The van der Waals surface area contributed by atoms with Crippen molar-refractivity contribution in [1.82, 2.24) is 0 Å². The van der Waals surface area contributed by atoms with E-state index in [9.17, 15) is 8.78 Å². The number of benzene rings is 1. The highest BCUT2D eigenvalue weighted by Crippen LogP contribution is 2.43. The van der Waals surface area contributed by atoms with Gasteiger partial charge in [0.2, 0.25) is 0 Å². The highest BCUT2D eigenvalue weighted by Gasteiger charge is 2.39. The van der Waals surface area contributed by atoms with Gasteiger partial charge in [-0.15, -0.1) is 0 Å². The van der Waals surface area contributed by atoms with Crippen molar-refractivity contribution in [3.8, 4) is 0 Å². The molecule has 0 aromatic heterocycles. The van der Waals surface area contributed by atoms with Gasteiger partial charge in [0.1, 0.15) is 11.6 Å². The maximum absolute atomic E-state index is 13.5. The van der Waals surface area contributed by atoms with Crippen LogP contribution in [0.15, 0.2) is 18.2 Å². The Hall–Kier alpha value is -0.960. The van der Waals surface area contributed by atoms with Crippen LogP contribution in [0, 0.1) is 11.6 Å². The van der Waals surface area contributed by atoms with E-state index < -0.39 is 11.6 Å². The summed E-state index contributed by atoms with van der Waals surface area (Å²) in [4.78, 5) is 0. The number of halogens is 2. The van der Waals surface area contributed by atoms with Crippen molar-refractivity contribution in [2.24, 2.45) is 5.73 Å². The van der Waals surface area contributed by atoms with Crippen LogP contribution in [-0.4, -0.2) is 6.54 Å². The molecule has 1 saturated carbocycles. The molecule has 1 aromatic rings. The molecule has 1 fully saturated rings. The second-order valence-electron chi connectivity index (χ2n) is 3.96. The van der Waals surface area contributed by atoms with Crippen LogP contribution in [0.25, 0.3) is 0 Å². The summed E-state index contributed by atoms with van der Waals surface area (Å²) in [6, 6.07) is 3.76. The molecule has 14 heavy (non-hydrogen) atoms. The largest absolute Gasteiger partial charge is 0.330 e. The summed E-state index contributed by atoms with van der Waals surface area (Å²) in [5.74, 6) is -0.993. The van der Waals surface area contributed by atoms with E-state index in [2.05, 4.69) is 0 Å². The Morgan fingerprint density at radius 1 is 1.29 bits per heavy atom. The topological polar surface area (TPSA) is 26.0 Å². The lowest BCUT2D eigenvalue weighted by atomic mass is 9.64. The standard InChI is InChI=1S/C11H13F2N/c12-8-2-3-9(10(13)6-8)11(7-14)4-1-5-11/h2-3,6H,1,4-5,7,14H2. The Labute approximate surface area is 81.9 Å². The lowest BCUT2D eigenvalue weighted by Gasteiger charge is -2.41. The minimum Gasteiger partial charge on any atom is -0.330 e. The molecule has 1 nitrogen and oxygen atoms in total. The minimum absolute atomic E-state index is 0.224. The molecule has 3 heteroatoms. The van der Waals surface area contributed by atoms with E-state index in [1.165, 1.54) is 12.1 Å². The zero-order chi connectivity index (χ0) is 10.2. The van der Waals surface area contributed by atoms with Gasteiger partial charge in [-0.2, -0.15) is 0 Å². The Morgan fingerprint density at radius 2 is 2.00 bits per heavy atom. The summed E-state index contributed by atoms with van der Waals surface area (Å²) >= 11 is 0. The van der Waals surface area contributed by atoms with Crippen LogP contribution in [-0.2, 0) is 5.41 Å². The Kier molecular flexibility index (Phi) is 2.27. The van der Waals surface area contributed by atoms with E-state index in [1.807, 2.05) is 0 Å². The lowest BCUT2D eigenvalue weighted by Crippen LogP contribution is -2.42. The Morgan fingerprint density at radius 3 is 2.43 bits per heavy atom. The first kappa shape index (κ1) is 9.59. The summed E-state index contributed by atoms with van der Waals surface area (Å²) in [5, 5.41) is 0. The van der Waals surface area contributed by atoms with Crippen molar-refractivity contribution in [2.75, 3.05) is 6.54 Å². The predicted molar refractivity (Wildman–Crippen MR) is 50.9 cm³/mol. The minimum atomic E-state index is -0.530. The van der Waals surface area contributed by atoms with Crippen molar-refractivity contribution in [2.45, 2.75) is 24.7 Å². The molecule has 0 atom stereocenters. The molecule has 0 bridgehead atoms. The van der Waals surface area contributed by atoms with Gasteiger partial charge in [-0.3, -0.25) is 0 Å². The molecule has 0 spiro atoms. The third kappa shape index (κ3) is 1.32. The molecule has 1 aliphatic rings. The molecule has 2 rings (SSSR count). The predicted octanol–water partition coefficient (Wildman–Crippen LogP) is 2.35. The maximum atomic E-state index is 13.5. The fourth-order valence-electron chi connectivity index (χ4n) is 2.11. The fourth-order valence-corrected chi connectivity index (χ4v) is 2.11. The van der Waals surface area contributed by atoms with Crippen LogP contribution < -0.4 is 5.73 Å². The van der Waals surface area contributed by atoms with E-state index in [0.29, 0.717) is 12.1 Å². The summed E-state index contributed by atoms with van der Waals surface area (Å²) in [6.45, 7) is 0.440. The Balaban J connectivity index is 2.40. The summed E-state index contributed by atoms with van der Waals surface area (Å²) in [5.41, 5.74) is 6.00. The summed E-state index contributed by atoms with van der Waals surface area (Å²) < 4.78 is 26.1. The molecule has 0 radical (unpaired) electrons. The second kappa shape index (κ2) is 3.31. The van der Waals surface area contributed by atoms with E-state index in [0.717, 1.165) is 25.3 Å². The Bertz CT molecular complexity index is 340. The van der Waals surface area contributed by atoms with Gasteiger partial charge in [-0.05, 0) is 24.5 Å². The normalized spacial score (nSPS) is 19.1. The number of nitrogens with two attached hydrogens (primary N) is 1. The van der Waals surface area contributed by atoms with Crippen molar-refractivity contribution in [3.63, 3.8) is 0 Å². The van der Waals surface area contributed by atoms with Gasteiger partial charge >= 0.3 is 0 Å². The molecular formula is C11H13F2N. The molecule has 0 unspecified atom stereocenters. The van der Waals surface area contributed by atoms with Gasteiger partial charge in [0.25, 0.3) is 0 Å². The van der Waals surface area contributed by atoms with Crippen LogP contribution in [0.2, 0.25) is 0 Å². The molecule has 1 aliphatic carbocycles. The van der Waals surface area contributed by atoms with Gasteiger partial charge in [0.15, 0.2) is 0 Å². The van der Waals surface area contributed by atoms with Gasteiger partial charge in [0, 0.05) is 18.0 Å². The second-order valence-corrected chi connectivity index (χ2v) is 3.96. The molecule has 0 saturated heterocycles. The molecule has 0 aliphatic heterocycles. The third-order valence-corrected chi connectivity index (χ3v) is 3.20. The SMILES string of the molecule is NCC1(c2ccc(F)cc2F)CCC1. The molecular weight excluding hydrogens is 184 g/mol. The molecule has 1 aromatic carbocycles. The van der Waals surface area contributed by atoms with E-state index >= 15 is 0 Å². The van der Waals surface area contributed by atoms with E-state index in [-0.39, 0.29) is 5.41 Å². The van der Waals surface area contributed by atoms with Crippen molar-refractivity contribution in [3.05, 3.63) is 35.4 Å². The van der Waals surface area contributed by atoms with Crippen molar-refractivity contribution < 1.29 is 8.78 Å². The van der Waals surface area contributed by atoms with Gasteiger partial charge in [0.05, 0.1) is 0 Å². The van der Waals surface area contributed by atoms with Gasteiger partial charge < -0.3 is 5.73 Å². The lowest BCUT2D eigenvalue weighted by molar-refractivity contribution is 0.244. The first-order chi connectivity index (χ1) is 6.68. The zero-order valence-corrected chi connectivity index (χ0v) is 7.89. The molecule has 0 amide bonds. The van der Waals surface area contributed by atoms with Crippen LogP contribution in [0.1, 0.15) is 24.8 Å². The first-order valence-electron chi connectivity index (χ1n) is 4.83. The summed E-state index contributed by atoms with van der Waals surface area (Å²) in [7, 11) is 0. The van der Waals surface area contributed by atoms with Crippen molar-refractivity contribution >= 4 is 0 Å². The molecule has 76 valence electrons. The van der Waals surface area contributed by atoms with Crippen LogP contribution >= 0.6 is 0 Å². The van der Waals surface area contributed by atoms with Crippen molar-refractivity contribution in [1.29, 1.82) is 0 Å².